The van der Waals surface area contributed by atoms with Crippen molar-refractivity contribution < 1.29 is 4.74 Å². The van der Waals surface area contributed by atoms with Crippen molar-refractivity contribution >= 4 is 0 Å². The highest BCUT2D eigenvalue weighted by Gasteiger charge is 2.22. The van der Waals surface area contributed by atoms with E-state index in [-0.39, 0.29) is 0 Å². The van der Waals surface area contributed by atoms with Crippen molar-refractivity contribution in [3.05, 3.63) is 0 Å². The highest BCUT2D eigenvalue weighted by Crippen LogP contribution is 2.21. The summed E-state index contributed by atoms with van der Waals surface area (Å²) >= 11 is 0. The second-order valence-electron chi connectivity index (χ2n) is 6.73. The maximum Gasteiger partial charge on any atom is 0.0728 e. The number of hydrogen-bond acceptors (Lipinski definition) is 2. The summed E-state index contributed by atoms with van der Waals surface area (Å²) in [4.78, 5) is 0. The standard InChI is InChI=1S/C19H39NO/c1-3-5-6-7-10-13-17-21-19-15-12-9-8-11-14-18(19)20-16-4-2/h18-20H,3-17H2,1-2H3. The number of unbranched alkanes of at least 4 members (excludes halogenated alkanes) is 5. The van der Waals surface area contributed by atoms with E-state index in [1.807, 2.05) is 0 Å². The summed E-state index contributed by atoms with van der Waals surface area (Å²) in [5.74, 6) is 0. The van der Waals surface area contributed by atoms with E-state index in [1.54, 1.807) is 0 Å². The van der Waals surface area contributed by atoms with Crippen LogP contribution in [-0.4, -0.2) is 25.3 Å². The molecular weight excluding hydrogens is 258 g/mol. The maximum atomic E-state index is 6.27. The van der Waals surface area contributed by atoms with Crippen LogP contribution in [0.25, 0.3) is 0 Å². The molecule has 0 aromatic carbocycles. The first-order chi connectivity index (χ1) is 10.4. The molecule has 2 heteroatoms. The Morgan fingerprint density at radius 1 is 0.810 bits per heavy atom. The molecule has 2 nitrogen and oxygen atoms in total. The Kier molecular flexibility index (Phi) is 12.3. The topological polar surface area (TPSA) is 21.3 Å². The molecule has 0 aromatic heterocycles. The molecule has 2 unspecified atom stereocenters. The molecular formula is C19H39NO. The molecule has 1 N–H and O–H groups in total. The predicted octanol–water partition coefficient (Wildman–Crippen LogP) is 5.45. The van der Waals surface area contributed by atoms with E-state index in [0.717, 1.165) is 13.2 Å². The highest BCUT2D eigenvalue weighted by molar-refractivity contribution is 4.79. The van der Waals surface area contributed by atoms with Crippen LogP contribution < -0.4 is 5.32 Å². The average molecular weight is 298 g/mol. The molecule has 1 aliphatic rings. The average Bonchev–Trinajstić information content (AvgIpc) is 2.47. The van der Waals surface area contributed by atoms with Crippen LogP contribution in [0.4, 0.5) is 0 Å². The van der Waals surface area contributed by atoms with Crippen LogP contribution in [0.5, 0.6) is 0 Å². The number of nitrogens with one attached hydrogen (secondary N) is 1. The van der Waals surface area contributed by atoms with E-state index in [2.05, 4.69) is 19.2 Å². The van der Waals surface area contributed by atoms with Crippen LogP contribution in [0, 0.1) is 0 Å². The van der Waals surface area contributed by atoms with Crippen molar-refractivity contribution in [1.29, 1.82) is 0 Å². The van der Waals surface area contributed by atoms with Gasteiger partial charge in [-0.3, -0.25) is 0 Å². The van der Waals surface area contributed by atoms with Gasteiger partial charge in [0.15, 0.2) is 0 Å². The molecule has 0 spiro atoms. The third kappa shape index (κ3) is 9.52. The van der Waals surface area contributed by atoms with Crippen LogP contribution in [0.3, 0.4) is 0 Å². The largest absolute Gasteiger partial charge is 0.377 e. The first-order valence-electron chi connectivity index (χ1n) is 9.73. The number of ether oxygens (including phenoxy) is 1. The molecule has 126 valence electrons. The fraction of sp³-hybridized carbons (Fsp3) is 1.00. The molecule has 0 aliphatic heterocycles. The Morgan fingerprint density at radius 2 is 1.52 bits per heavy atom. The lowest BCUT2D eigenvalue weighted by atomic mass is 9.94. The quantitative estimate of drug-likeness (QED) is 0.512. The highest BCUT2D eigenvalue weighted by atomic mass is 16.5. The van der Waals surface area contributed by atoms with Gasteiger partial charge in [0, 0.05) is 12.6 Å². The zero-order chi connectivity index (χ0) is 15.2. The molecule has 1 fully saturated rings. The number of hydrogen-bond donors (Lipinski definition) is 1. The van der Waals surface area contributed by atoms with E-state index >= 15 is 0 Å². The maximum absolute atomic E-state index is 6.27. The molecule has 2 atom stereocenters. The summed E-state index contributed by atoms with van der Waals surface area (Å²) in [6, 6.07) is 0.602. The lowest BCUT2D eigenvalue weighted by Crippen LogP contribution is -2.42. The Morgan fingerprint density at radius 3 is 2.29 bits per heavy atom. The summed E-state index contributed by atoms with van der Waals surface area (Å²) in [6.45, 7) is 6.64. The van der Waals surface area contributed by atoms with Crippen LogP contribution in [0.15, 0.2) is 0 Å². The van der Waals surface area contributed by atoms with E-state index in [1.165, 1.54) is 83.5 Å². The third-order valence-corrected chi connectivity index (χ3v) is 4.69. The van der Waals surface area contributed by atoms with E-state index < -0.39 is 0 Å². The summed E-state index contributed by atoms with van der Waals surface area (Å²) in [6.07, 6.45) is 17.9. The van der Waals surface area contributed by atoms with E-state index in [0.29, 0.717) is 12.1 Å². The van der Waals surface area contributed by atoms with Gasteiger partial charge in [-0.05, 0) is 32.2 Å². The van der Waals surface area contributed by atoms with E-state index in [9.17, 15) is 0 Å². The first kappa shape index (κ1) is 19.0. The fourth-order valence-electron chi connectivity index (χ4n) is 3.33. The van der Waals surface area contributed by atoms with Crippen molar-refractivity contribution in [2.24, 2.45) is 0 Å². The summed E-state index contributed by atoms with van der Waals surface area (Å²) in [7, 11) is 0. The van der Waals surface area contributed by atoms with Gasteiger partial charge in [-0.25, -0.2) is 0 Å². The smallest absolute Gasteiger partial charge is 0.0728 e. The fourth-order valence-corrected chi connectivity index (χ4v) is 3.33. The van der Waals surface area contributed by atoms with Gasteiger partial charge < -0.3 is 10.1 Å². The second kappa shape index (κ2) is 13.6. The van der Waals surface area contributed by atoms with Crippen molar-refractivity contribution in [2.75, 3.05) is 13.2 Å². The predicted molar refractivity (Wildman–Crippen MR) is 92.9 cm³/mol. The molecule has 0 amide bonds. The minimum atomic E-state index is 0.465. The molecule has 1 aliphatic carbocycles. The number of rotatable bonds is 11. The van der Waals surface area contributed by atoms with Crippen LogP contribution in [-0.2, 0) is 4.74 Å². The van der Waals surface area contributed by atoms with Crippen LogP contribution in [0.1, 0.15) is 97.3 Å². The summed E-state index contributed by atoms with van der Waals surface area (Å²) in [5, 5.41) is 3.73. The molecule has 0 saturated heterocycles. The zero-order valence-corrected chi connectivity index (χ0v) is 14.7. The van der Waals surface area contributed by atoms with Gasteiger partial charge in [0.05, 0.1) is 6.10 Å². The van der Waals surface area contributed by atoms with Crippen LogP contribution >= 0.6 is 0 Å². The summed E-state index contributed by atoms with van der Waals surface area (Å²) < 4.78 is 6.27. The van der Waals surface area contributed by atoms with Crippen molar-refractivity contribution in [1.82, 2.24) is 5.32 Å². The van der Waals surface area contributed by atoms with Crippen molar-refractivity contribution in [3.63, 3.8) is 0 Å². The van der Waals surface area contributed by atoms with Crippen molar-refractivity contribution in [3.8, 4) is 0 Å². The van der Waals surface area contributed by atoms with Gasteiger partial charge in [0.25, 0.3) is 0 Å². The Bertz CT molecular complexity index is 218. The van der Waals surface area contributed by atoms with Gasteiger partial charge in [0.2, 0.25) is 0 Å². The molecule has 21 heavy (non-hydrogen) atoms. The van der Waals surface area contributed by atoms with Crippen LogP contribution in [0.2, 0.25) is 0 Å². The lowest BCUT2D eigenvalue weighted by molar-refractivity contribution is 0.0115. The monoisotopic (exact) mass is 297 g/mol. The molecule has 1 rings (SSSR count). The molecule has 0 heterocycles. The first-order valence-corrected chi connectivity index (χ1v) is 9.73. The lowest BCUT2D eigenvalue weighted by Gasteiger charge is -2.30. The Labute approximate surface area is 133 Å². The van der Waals surface area contributed by atoms with Gasteiger partial charge in [-0.2, -0.15) is 0 Å². The Balaban J connectivity index is 2.19. The van der Waals surface area contributed by atoms with E-state index in [4.69, 9.17) is 4.74 Å². The minimum absolute atomic E-state index is 0.465. The zero-order valence-electron chi connectivity index (χ0n) is 14.7. The van der Waals surface area contributed by atoms with Crippen molar-refractivity contribution in [2.45, 2.75) is 109 Å². The molecule has 0 aromatic rings. The summed E-state index contributed by atoms with van der Waals surface area (Å²) in [5.41, 5.74) is 0. The molecule has 1 saturated carbocycles. The van der Waals surface area contributed by atoms with Gasteiger partial charge >= 0.3 is 0 Å². The molecule has 0 radical (unpaired) electrons. The van der Waals surface area contributed by atoms with Gasteiger partial charge in [-0.15, -0.1) is 0 Å². The van der Waals surface area contributed by atoms with Gasteiger partial charge in [-0.1, -0.05) is 71.6 Å². The van der Waals surface area contributed by atoms with Gasteiger partial charge in [0.1, 0.15) is 0 Å². The minimum Gasteiger partial charge on any atom is -0.377 e. The normalized spacial score (nSPS) is 23.7. The third-order valence-electron chi connectivity index (χ3n) is 4.69. The SMILES string of the molecule is CCCCCCCCOC1CCCCCCC1NCCC. The second-order valence-corrected chi connectivity index (χ2v) is 6.73. The Hall–Kier alpha value is -0.0800. The molecule has 0 bridgehead atoms.